The highest BCUT2D eigenvalue weighted by atomic mass is 32.1. The second-order valence-corrected chi connectivity index (χ2v) is 10.3. The Labute approximate surface area is 151 Å². The molecule has 0 bridgehead atoms. The molecule has 3 aromatic carbocycles. The molecule has 4 rings (SSSR count). The van der Waals surface area contributed by atoms with Crippen molar-refractivity contribution < 1.29 is 4.57 Å². The fourth-order valence-electron chi connectivity index (χ4n) is 2.87. The van der Waals surface area contributed by atoms with Gasteiger partial charge in [-0.15, -0.1) is 11.3 Å². The van der Waals surface area contributed by atoms with Gasteiger partial charge in [-0.05, 0) is 26.0 Å². The van der Waals surface area contributed by atoms with Crippen molar-refractivity contribution in [2.24, 2.45) is 0 Å². The summed E-state index contributed by atoms with van der Waals surface area (Å²) in [5.74, 6) is 0. The number of benzene rings is 3. The Morgan fingerprint density at radius 3 is 1.80 bits per heavy atom. The number of nitrogens with zero attached hydrogens (tertiary/aromatic N) is 1. The Balaban J connectivity index is 1.99. The van der Waals surface area contributed by atoms with Crippen molar-refractivity contribution in [1.82, 2.24) is 4.98 Å². The first-order valence-electron chi connectivity index (χ1n) is 8.18. The maximum absolute atomic E-state index is 14.4. The summed E-state index contributed by atoms with van der Waals surface area (Å²) in [7, 11) is -2.98. The smallest absolute Gasteiger partial charge is 0.198 e. The Hall–Kier alpha value is -2.22. The van der Waals surface area contributed by atoms with Gasteiger partial charge < -0.3 is 4.57 Å². The van der Waals surface area contributed by atoms with Crippen LogP contribution in [0.15, 0.2) is 72.8 Å². The van der Waals surface area contributed by atoms with Crippen LogP contribution >= 0.6 is 18.5 Å². The quantitative estimate of drug-likeness (QED) is 0.500. The highest BCUT2D eigenvalue weighted by Gasteiger charge is 2.33. The van der Waals surface area contributed by atoms with Crippen LogP contribution in [-0.4, -0.2) is 4.98 Å². The third-order valence-electron chi connectivity index (χ3n) is 4.35. The van der Waals surface area contributed by atoms with Gasteiger partial charge in [-0.1, -0.05) is 71.8 Å². The molecule has 0 amide bonds. The van der Waals surface area contributed by atoms with Gasteiger partial charge in [0, 0.05) is 10.6 Å². The average molecular weight is 363 g/mol. The van der Waals surface area contributed by atoms with Gasteiger partial charge in [0.25, 0.3) is 0 Å². The molecule has 4 aromatic rings. The fraction of sp³-hybridized carbons (Fsp3) is 0.0952. The molecule has 0 saturated carbocycles. The molecule has 1 heterocycles. The van der Waals surface area contributed by atoms with Crippen LogP contribution in [0.1, 0.15) is 11.1 Å². The van der Waals surface area contributed by atoms with Crippen molar-refractivity contribution in [2.75, 3.05) is 0 Å². The molecule has 0 aliphatic heterocycles. The molecule has 0 atom stereocenters. The van der Waals surface area contributed by atoms with Gasteiger partial charge in [0.05, 0.1) is 10.2 Å². The number of hydrogen-bond acceptors (Lipinski definition) is 3. The monoisotopic (exact) mass is 363 g/mol. The minimum atomic E-state index is -2.98. The Morgan fingerprint density at radius 1 is 0.760 bits per heavy atom. The molecule has 124 valence electrons. The minimum Gasteiger partial charge on any atom is -0.306 e. The van der Waals surface area contributed by atoms with Gasteiger partial charge >= 0.3 is 0 Å². The molecule has 4 heteroatoms. The number of rotatable bonds is 3. The predicted octanol–water partition coefficient (Wildman–Crippen LogP) is 4.55. The van der Waals surface area contributed by atoms with E-state index in [0.717, 1.165) is 32.0 Å². The zero-order chi connectivity index (χ0) is 17.4. The summed E-state index contributed by atoms with van der Waals surface area (Å²) in [5, 5.41) is 1.67. The van der Waals surface area contributed by atoms with Crippen LogP contribution in [-0.2, 0) is 4.57 Å². The van der Waals surface area contributed by atoms with Crippen LogP contribution in [0.25, 0.3) is 10.2 Å². The van der Waals surface area contributed by atoms with Crippen molar-refractivity contribution >= 4 is 44.1 Å². The Bertz CT molecular complexity index is 999. The van der Waals surface area contributed by atoms with E-state index in [1.54, 1.807) is 0 Å². The first kappa shape index (κ1) is 16.3. The largest absolute Gasteiger partial charge is 0.306 e. The summed E-state index contributed by atoms with van der Waals surface area (Å²) in [6, 6.07) is 23.9. The van der Waals surface area contributed by atoms with Crippen molar-refractivity contribution in [3.05, 3.63) is 83.9 Å². The van der Waals surface area contributed by atoms with Gasteiger partial charge in [0.2, 0.25) is 0 Å². The molecule has 2 nitrogen and oxygen atoms in total. The Kier molecular flexibility index (Phi) is 4.07. The van der Waals surface area contributed by atoms with E-state index in [1.165, 1.54) is 11.3 Å². The number of thiazole rings is 1. The van der Waals surface area contributed by atoms with E-state index in [4.69, 9.17) is 4.98 Å². The maximum Gasteiger partial charge on any atom is 0.198 e. The third kappa shape index (κ3) is 2.84. The first-order valence-corrected chi connectivity index (χ1v) is 10.7. The van der Waals surface area contributed by atoms with Crippen LogP contribution in [0.3, 0.4) is 0 Å². The van der Waals surface area contributed by atoms with E-state index >= 15 is 0 Å². The van der Waals surface area contributed by atoms with Crippen LogP contribution in [0.5, 0.6) is 0 Å². The highest BCUT2D eigenvalue weighted by Crippen LogP contribution is 2.44. The zero-order valence-corrected chi connectivity index (χ0v) is 15.9. The summed E-state index contributed by atoms with van der Waals surface area (Å²) < 4.78 is 16.1. The minimum absolute atomic E-state index is 0.696. The van der Waals surface area contributed by atoms with Gasteiger partial charge in [0.15, 0.2) is 11.9 Å². The summed E-state index contributed by atoms with van der Waals surface area (Å²) in [5.41, 5.74) is 3.22. The number of hydrogen-bond donors (Lipinski definition) is 0. The second kappa shape index (κ2) is 6.25. The van der Waals surface area contributed by atoms with Crippen LogP contribution in [0.4, 0.5) is 0 Å². The Morgan fingerprint density at radius 2 is 1.28 bits per heavy atom. The SMILES string of the molecule is Cc1ccc(P(=O)(c2ccc(C)cc2)c2nc3ccccc3s2)cc1. The lowest BCUT2D eigenvalue weighted by atomic mass is 10.2. The predicted molar refractivity (Wildman–Crippen MR) is 108 cm³/mol. The van der Waals surface area contributed by atoms with E-state index in [1.807, 2.05) is 86.6 Å². The summed E-state index contributed by atoms with van der Waals surface area (Å²) in [6.45, 7) is 4.08. The normalized spacial score (nSPS) is 11.8. The number of para-hydroxylation sites is 1. The lowest BCUT2D eigenvalue weighted by molar-refractivity contribution is 0.592. The first-order chi connectivity index (χ1) is 12.1. The topological polar surface area (TPSA) is 30.0 Å². The fourth-order valence-corrected chi connectivity index (χ4v) is 7.15. The molecule has 0 spiro atoms. The number of aryl methyl sites for hydroxylation is 2. The van der Waals surface area contributed by atoms with E-state index in [9.17, 15) is 4.57 Å². The van der Waals surface area contributed by atoms with Crippen LogP contribution in [0, 0.1) is 13.8 Å². The summed E-state index contributed by atoms with van der Waals surface area (Å²) in [6.07, 6.45) is 0. The van der Waals surface area contributed by atoms with Crippen molar-refractivity contribution in [3.63, 3.8) is 0 Å². The zero-order valence-electron chi connectivity index (χ0n) is 14.1. The lowest BCUT2D eigenvalue weighted by Crippen LogP contribution is -2.24. The van der Waals surface area contributed by atoms with E-state index in [0.29, 0.717) is 4.75 Å². The lowest BCUT2D eigenvalue weighted by Gasteiger charge is -2.17. The highest BCUT2D eigenvalue weighted by molar-refractivity contribution is 7.89. The number of aromatic nitrogens is 1. The van der Waals surface area contributed by atoms with Crippen molar-refractivity contribution in [3.8, 4) is 0 Å². The standard InChI is InChI=1S/C21H18NOPS/c1-15-7-11-17(12-8-15)24(23,18-13-9-16(2)10-14-18)21-22-19-5-3-4-6-20(19)25-21/h3-14H,1-2H3. The molecule has 25 heavy (non-hydrogen) atoms. The molecular formula is C21H18NOPS. The van der Waals surface area contributed by atoms with Crippen molar-refractivity contribution in [2.45, 2.75) is 13.8 Å². The van der Waals surface area contributed by atoms with Gasteiger partial charge in [0.1, 0.15) is 0 Å². The molecular weight excluding hydrogens is 345 g/mol. The second-order valence-electron chi connectivity index (χ2n) is 6.24. The summed E-state index contributed by atoms with van der Waals surface area (Å²) in [4.78, 5) is 4.74. The molecule has 0 radical (unpaired) electrons. The van der Waals surface area contributed by atoms with Gasteiger partial charge in [-0.2, -0.15) is 0 Å². The van der Waals surface area contributed by atoms with E-state index < -0.39 is 7.14 Å². The molecule has 0 N–H and O–H groups in total. The molecule has 1 aromatic heterocycles. The molecule has 0 aliphatic carbocycles. The summed E-state index contributed by atoms with van der Waals surface area (Å²) >= 11 is 1.53. The van der Waals surface area contributed by atoms with Gasteiger partial charge in [-0.3, -0.25) is 0 Å². The molecule has 0 unspecified atom stereocenters. The molecule has 0 aliphatic rings. The maximum atomic E-state index is 14.4. The third-order valence-corrected chi connectivity index (χ3v) is 8.92. The number of fused-ring (bicyclic) bond motifs is 1. The van der Waals surface area contributed by atoms with Gasteiger partial charge in [-0.25, -0.2) is 4.98 Å². The van der Waals surface area contributed by atoms with Crippen LogP contribution < -0.4 is 15.4 Å². The van der Waals surface area contributed by atoms with Crippen LogP contribution in [0.2, 0.25) is 0 Å². The van der Waals surface area contributed by atoms with E-state index in [-0.39, 0.29) is 0 Å². The molecule has 0 fully saturated rings. The average Bonchev–Trinajstić information content (AvgIpc) is 3.07. The van der Waals surface area contributed by atoms with E-state index in [2.05, 4.69) is 0 Å². The van der Waals surface area contributed by atoms with Crippen molar-refractivity contribution in [1.29, 1.82) is 0 Å². The molecule has 0 saturated heterocycles.